The number of fused-ring (bicyclic) bond motifs is 1. The Morgan fingerprint density at radius 1 is 1.14 bits per heavy atom. The van der Waals surface area contributed by atoms with Gasteiger partial charge >= 0.3 is 0 Å². The van der Waals surface area contributed by atoms with E-state index in [1.54, 1.807) is 7.11 Å². The van der Waals surface area contributed by atoms with Crippen LogP contribution in [0.1, 0.15) is 43.6 Å². The van der Waals surface area contributed by atoms with Crippen molar-refractivity contribution in [3.05, 3.63) is 74.6 Å². The fourth-order valence-electron chi connectivity index (χ4n) is 5.38. The van der Waals surface area contributed by atoms with Crippen LogP contribution in [0.25, 0.3) is 17.3 Å². The number of hydrogen-bond acceptors (Lipinski definition) is 4. The van der Waals surface area contributed by atoms with Crippen LogP contribution < -0.4 is 31.3 Å². The van der Waals surface area contributed by atoms with Crippen molar-refractivity contribution in [2.75, 3.05) is 26.7 Å². The van der Waals surface area contributed by atoms with Gasteiger partial charge in [0.15, 0.2) is 0 Å². The van der Waals surface area contributed by atoms with Crippen molar-refractivity contribution in [2.45, 2.75) is 52.6 Å². The lowest BCUT2D eigenvalue weighted by Crippen LogP contribution is -2.45. The van der Waals surface area contributed by atoms with Crippen molar-refractivity contribution < 1.29 is 4.74 Å². The molecule has 1 fully saturated rings. The van der Waals surface area contributed by atoms with Crippen molar-refractivity contribution in [1.82, 2.24) is 20.2 Å². The molecule has 184 valence electrons. The molecule has 6 heteroatoms. The molecule has 2 aliphatic heterocycles. The number of piperidine rings is 1. The molecular weight excluding hydrogens is 434 g/mol. The highest BCUT2D eigenvalue weighted by Crippen LogP contribution is 2.19. The normalized spacial score (nSPS) is 18.9. The number of aromatic amines is 2. The molecule has 0 atom stereocenters. The maximum Gasteiger partial charge on any atom is 0.144 e. The zero-order chi connectivity index (χ0) is 24.5. The fourth-order valence-corrected chi connectivity index (χ4v) is 5.38. The zero-order valence-electron chi connectivity index (χ0n) is 21.5. The van der Waals surface area contributed by atoms with Crippen LogP contribution in [0, 0.1) is 13.8 Å². The molecule has 5 rings (SSSR count). The number of likely N-dealkylation sites (tertiary alicyclic amines) is 1. The first-order valence-corrected chi connectivity index (χ1v) is 12.7. The number of aryl methyl sites for hydroxylation is 2. The molecule has 2 aliphatic rings. The topological polar surface area (TPSA) is 68.4 Å². The van der Waals surface area contributed by atoms with E-state index in [1.165, 1.54) is 29.2 Å². The second kappa shape index (κ2) is 9.88. The Labute approximate surface area is 207 Å². The minimum absolute atomic E-state index is 0.536. The lowest BCUT2D eigenvalue weighted by Gasteiger charge is -2.33. The van der Waals surface area contributed by atoms with Gasteiger partial charge in [-0.1, -0.05) is 32.0 Å². The number of para-hydroxylation sites is 1. The first-order chi connectivity index (χ1) is 16.9. The lowest BCUT2D eigenvalue weighted by atomic mass is 10.0. The third-order valence-corrected chi connectivity index (χ3v) is 7.05. The summed E-state index contributed by atoms with van der Waals surface area (Å²) in [5.41, 5.74) is 5.77. The fraction of sp³-hybridized carbons (Fsp3) is 0.414. The summed E-state index contributed by atoms with van der Waals surface area (Å²) in [7, 11) is 1.72. The summed E-state index contributed by atoms with van der Waals surface area (Å²) in [6.07, 6.45) is 4.49. The third-order valence-electron chi connectivity index (χ3n) is 7.05. The molecule has 4 heterocycles. The van der Waals surface area contributed by atoms with Gasteiger partial charge in [0.05, 0.1) is 28.9 Å². The van der Waals surface area contributed by atoms with Crippen LogP contribution in [0.15, 0.2) is 41.4 Å². The minimum atomic E-state index is 0.536. The number of benzene rings is 1. The number of aromatic nitrogens is 2. The van der Waals surface area contributed by atoms with Crippen LogP contribution in [0.5, 0.6) is 5.75 Å². The summed E-state index contributed by atoms with van der Waals surface area (Å²) >= 11 is 0. The summed E-state index contributed by atoms with van der Waals surface area (Å²) in [6, 6.07) is 13.9. The highest BCUT2D eigenvalue weighted by atomic mass is 16.5. The van der Waals surface area contributed by atoms with E-state index in [4.69, 9.17) is 9.73 Å². The summed E-state index contributed by atoms with van der Waals surface area (Å²) in [5, 5.41) is 7.93. The standard InChI is InChI=1S/C29H37N5O/c1-18(2)30-21-10-12-34(13-11-21)17-23-22-8-6-7-9-24(22)33-29(23)27-16-28(35-5)26(32-27)15-25-19(3)14-20(4)31-25/h6-9,14-16,18,21,30-32H,10-13,17H2,1-5H3/b26-15-,29-27?. The van der Waals surface area contributed by atoms with E-state index < -0.39 is 0 Å². The van der Waals surface area contributed by atoms with Crippen molar-refractivity contribution in [3.63, 3.8) is 0 Å². The minimum Gasteiger partial charge on any atom is -0.494 e. The van der Waals surface area contributed by atoms with Gasteiger partial charge in [-0.3, -0.25) is 4.90 Å². The van der Waals surface area contributed by atoms with E-state index in [9.17, 15) is 0 Å². The Morgan fingerprint density at radius 2 is 1.91 bits per heavy atom. The van der Waals surface area contributed by atoms with Crippen LogP contribution in [0.3, 0.4) is 0 Å². The Hall–Kier alpha value is -3.09. The maximum atomic E-state index is 5.75. The monoisotopic (exact) mass is 471 g/mol. The van der Waals surface area contributed by atoms with Gasteiger partial charge in [-0.15, -0.1) is 0 Å². The molecule has 1 aromatic carbocycles. The third kappa shape index (κ3) is 5.00. The molecule has 0 spiro atoms. The highest BCUT2D eigenvalue weighted by Gasteiger charge is 2.23. The molecule has 35 heavy (non-hydrogen) atoms. The van der Waals surface area contributed by atoms with Crippen LogP contribution in [0.4, 0.5) is 0 Å². The predicted molar refractivity (Wildman–Crippen MR) is 142 cm³/mol. The summed E-state index contributed by atoms with van der Waals surface area (Å²) in [5.74, 6) is 0.824. The zero-order valence-corrected chi connectivity index (χ0v) is 21.5. The number of ether oxygens (including phenoxy) is 1. The van der Waals surface area contributed by atoms with Gasteiger partial charge in [0.25, 0.3) is 0 Å². The molecule has 3 aromatic rings. The van der Waals surface area contributed by atoms with Crippen LogP contribution in [0.2, 0.25) is 0 Å². The quantitative estimate of drug-likeness (QED) is 0.514. The van der Waals surface area contributed by atoms with E-state index in [1.807, 2.05) is 0 Å². The SMILES string of the molecule is COc1cc(=C2N=c3ccccc3=C2CN2CCC(NC(C)C)CC2)[nH]/c1=C\c1[nH]c(C)cc1C. The van der Waals surface area contributed by atoms with Gasteiger partial charge < -0.3 is 20.0 Å². The highest BCUT2D eigenvalue weighted by molar-refractivity contribution is 5.89. The van der Waals surface area contributed by atoms with Crippen LogP contribution in [-0.2, 0) is 0 Å². The van der Waals surface area contributed by atoms with E-state index in [-0.39, 0.29) is 0 Å². The van der Waals surface area contributed by atoms with Gasteiger partial charge in [0.1, 0.15) is 5.75 Å². The number of rotatable bonds is 6. The summed E-state index contributed by atoms with van der Waals surface area (Å²) in [6.45, 7) is 11.8. The van der Waals surface area contributed by atoms with Gasteiger partial charge in [-0.25, -0.2) is 4.99 Å². The number of nitrogens with one attached hydrogen (secondary N) is 3. The molecule has 0 amide bonds. The van der Waals surface area contributed by atoms with E-state index >= 15 is 0 Å². The van der Waals surface area contributed by atoms with Gasteiger partial charge in [0, 0.05) is 46.9 Å². The van der Waals surface area contributed by atoms with Crippen molar-refractivity contribution in [1.29, 1.82) is 0 Å². The molecule has 3 N–H and O–H groups in total. The van der Waals surface area contributed by atoms with Crippen LogP contribution >= 0.6 is 0 Å². The lowest BCUT2D eigenvalue weighted by molar-refractivity contribution is 0.213. The average Bonchev–Trinajstić information content (AvgIpc) is 3.50. The Balaban J connectivity index is 1.53. The molecule has 0 radical (unpaired) electrons. The summed E-state index contributed by atoms with van der Waals surface area (Å²) < 4.78 is 5.75. The Morgan fingerprint density at radius 3 is 2.60 bits per heavy atom. The second-order valence-electron chi connectivity index (χ2n) is 10.2. The number of H-pyrrole nitrogens is 2. The summed E-state index contributed by atoms with van der Waals surface area (Å²) in [4.78, 5) is 14.7. The molecule has 0 saturated carbocycles. The second-order valence-corrected chi connectivity index (χ2v) is 10.2. The smallest absolute Gasteiger partial charge is 0.144 e. The van der Waals surface area contributed by atoms with Gasteiger partial charge in [0.2, 0.25) is 0 Å². The number of nitrogens with zero attached hydrogens (tertiary/aromatic N) is 2. The number of methoxy groups -OCH3 is 1. The first-order valence-electron chi connectivity index (χ1n) is 12.7. The predicted octanol–water partition coefficient (Wildman–Crippen LogP) is 1.85. The average molecular weight is 472 g/mol. The molecule has 0 aliphatic carbocycles. The van der Waals surface area contributed by atoms with E-state index in [2.05, 4.69) is 90.4 Å². The first kappa shape index (κ1) is 23.6. The van der Waals surface area contributed by atoms with Crippen molar-refractivity contribution in [3.8, 4) is 5.75 Å². The van der Waals surface area contributed by atoms with Crippen molar-refractivity contribution in [2.24, 2.45) is 4.99 Å². The Kier molecular flexibility index (Phi) is 6.67. The largest absolute Gasteiger partial charge is 0.494 e. The molecule has 0 bridgehead atoms. The van der Waals surface area contributed by atoms with Crippen molar-refractivity contribution >= 4 is 17.3 Å². The molecule has 6 nitrogen and oxygen atoms in total. The van der Waals surface area contributed by atoms with Gasteiger partial charge in [-0.05, 0) is 63.6 Å². The van der Waals surface area contributed by atoms with Crippen LogP contribution in [-0.4, -0.2) is 53.7 Å². The number of hydrogen-bond donors (Lipinski definition) is 3. The molecule has 2 aromatic heterocycles. The maximum absolute atomic E-state index is 5.75. The van der Waals surface area contributed by atoms with Gasteiger partial charge in [-0.2, -0.15) is 0 Å². The molecular formula is C29H37N5O. The van der Waals surface area contributed by atoms with E-state index in [0.29, 0.717) is 12.1 Å². The molecule has 0 unspecified atom stereocenters. The Bertz CT molecular complexity index is 1450. The van der Waals surface area contributed by atoms with E-state index in [0.717, 1.165) is 58.5 Å². The molecule has 1 saturated heterocycles.